The number of nitrogens with one attached hydrogen (secondary N) is 2. The third kappa shape index (κ3) is 4.54. The van der Waals surface area contributed by atoms with Crippen molar-refractivity contribution in [3.05, 3.63) is 64.7 Å². The summed E-state index contributed by atoms with van der Waals surface area (Å²) in [4.78, 5) is 26.1. The number of amides is 1. The van der Waals surface area contributed by atoms with Gasteiger partial charge in [-0.1, -0.05) is 24.3 Å². The first-order chi connectivity index (χ1) is 12.1. The predicted molar refractivity (Wildman–Crippen MR) is 95.9 cm³/mol. The number of rotatable bonds is 5. The molecule has 1 aliphatic heterocycles. The van der Waals surface area contributed by atoms with Gasteiger partial charge in [0.25, 0.3) is 11.6 Å². The summed E-state index contributed by atoms with van der Waals surface area (Å²) < 4.78 is 0. The van der Waals surface area contributed by atoms with Crippen LogP contribution in [0.1, 0.15) is 0 Å². The number of hydrogen-bond acceptors (Lipinski definition) is 4. The highest BCUT2D eigenvalue weighted by Gasteiger charge is 2.22. The van der Waals surface area contributed by atoms with Crippen LogP contribution < -0.4 is 15.1 Å². The Kier molecular flexibility index (Phi) is 5.25. The van der Waals surface area contributed by atoms with Gasteiger partial charge in [-0.2, -0.15) is 0 Å². The molecular weight excluding hydrogens is 320 g/mol. The molecule has 7 heteroatoms. The molecule has 0 radical (unpaired) electrons. The molecule has 0 aromatic heterocycles. The summed E-state index contributed by atoms with van der Waals surface area (Å²) >= 11 is 0. The van der Waals surface area contributed by atoms with Gasteiger partial charge in [-0.3, -0.25) is 14.9 Å². The minimum absolute atomic E-state index is 0.0263. The van der Waals surface area contributed by atoms with Crippen molar-refractivity contribution in [3.8, 4) is 0 Å². The summed E-state index contributed by atoms with van der Waals surface area (Å²) in [5.74, 6) is -0.122. The van der Waals surface area contributed by atoms with Crippen LogP contribution in [0.2, 0.25) is 0 Å². The highest BCUT2D eigenvalue weighted by Crippen LogP contribution is 2.16. The molecule has 1 saturated heterocycles. The number of nitrogens with zero attached hydrogens (tertiary/aromatic N) is 2. The topological polar surface area (TPSA) is 79.9 Å². The lowest BCUT2D eigenvalue weighted by Gasteiger charge is -2.33. The van der Waals surface area contributed by atoms with Crippen LogP contribution in [0.5, 0.6) is 0 Å². The van der Waals surface area contributed by atoms with E-state index in [9.17, 15) is 14.9 Å². The fourth-order valence-electron chi connectivity index (χ4n) is 3.03. The van der Waals surface area contributed by atoms with Crippen LogP contribution in [0.25, 0.3) is 0 Å². The lowest BCUT2D eigenvalue weighted by atomic mass is 10.2. The summed E-state index contributed by atoms with van der Waals surface area (Å²) in [7, 11) is 0. The van der Waals surface area contributed by atoms with Gasteiger partial charge < -0.3 is 15.1 Å². The molecule has 7 nitrogen and oxygen atoms in total. The molecule has 0 bridgehead atoms. The van der Waals surface area contributed by atoms with Crippen molar-refractivity contribution in [1.29, 1.82) is 0 Å². The van der Waals surface area contributed by atoms with Crippen LogP contribution in [0, 0.1) is 10.1 Å². The number of carbonyl (C=O) groups excluding carboxylic acids is 1. The van der Waals surface area contributed by atoms with Crippen LogP contribution in [-0.2, 0) is 4.79 Å². The minimum Gasteiger partial charge on any atom is -0.360 e. The van der Waals surface area contributed by atoms with Gasteiger partial charge in [0.15, 0.2) is 6.54 Å². The minimum atomic E-state index is -0.469. The maximum Gasteiger partial charge on any atom is 0.279 e. The van der Waals surface area contributed by atoms with E-state index in [0.29, 0.717) is 12.2 Å². The molecule has 1 aliphatic rings. The van der Waals surface area contributed by atoms with E-state index in [-0.39, 0.29) is 11.6 Å². The van der Waals surface area contributed by atoms with Gasteiger partial charge in [-0.05, 0) is 18.2 Å². The first kappa shape index (κ1) is 16.9. The average molecular weight is 341 g/mol. The zero-order valence-electron chi connectivity index (χ0n) is 13.9. The Labute approximate surface area is 146 Å². The summed E-state index contributed by atoms with van der Waals surface area (Å²) in [6.07, 6.45) is 0. The van der Waals surface area contributed by atoms with E-state index in [2.05, 4.69) is 22.3 Å². The first-order valence-corrected chi connectivity index (χ1v) is 8.30. The fourth-order valence-corrected chi connectivity index (χ4v) is 3.03. The summed E-state index contributed by atoms with van der Waals surface area (Å²) in [6.45, 7) is 3.95. The Hall–Kier alpha value is -2.93. The molecule has 0 saturated carbocycles. The number of para-hydroxylation sites is 1. The maximum absolute atomic E-state index is 12.2. The number of nitro groups is 1. The van der Waals surface area contributed by atoms with Gasteiger partial charge in [0, 0.05) is 23.5 Å². The van der Waals surface area contributed by atoms with Crippen molar-refractivity contribution in [2.45, 2.75) is 0 Å². The number of quaternary nitrogens is 1. The van der Waals surface area contributed by atoms with Gasteiger partial charge >= 0.3 is 0 Å². The van der Waals surface area contributed by atoms with Crippen molar-refractivity contribution in [1.82, 2.24) is 0 Å². The van der Waals surface area contributed by atoms with Gasteiger partial charge in [0.05, 0.1) is 31.1 Å². The lowest BCUT2D eigenvalue weighted by Crippen LogP contribution is -3.15. The molecule has 0 aliphatic carbocycles. The van der Waals surface area contributed by atoms with E-state index in [1.54, 1.807) is 12.1 Å². The number of non-ortho nitro benzene ring substituents is 1. The van der Waals surface area contributed by atoms with Crippen molar-refractivity contribution in [3.63, 3.8) is 0 Å². The monoisotopic (exact) mass is 341 g/mol. The van der Waals surface area contributed by atoms with Crippen molar-refractivity contribution < 1.29 is 14.6 Å². The van der Waals surface area contributed by atoms with Crippen LogP contribution in [0.3, 0.4) is 0 Å². The van der Waals surface area contributed by atoms with Gasteiger partial charge in [0.2, 0.25) is 0 Å². The van der Waals surface area contributed by atoms with E-state index in [1.165, 1.54) is 22.7 Å². The predicted octanol–water partition coefficient (Wildman–Crippen LogP) is 0.938. The van der Waals surface area contributed by atoms with Crippen LogP contribution in [0.4, 0.5) is 17.1 Å². The summed E-state index contributed by atoms with van der Waals surface area (Å²) in [6, 6.07) is 16.3. The van der Waals surface area contributed by atoms with E-state index in [0.717, 1.165) is 26.2 Å². The Balaban J connectivity index is 1.49. The molecule has 1 heterocycles. The number of nitro benzene ring substituents is 1. The molecule has 0 atom stereocenters. The Morgan fingerprint density at radius 1 is 1.12 bits per heavy atom. The van der Waals surface area contributed by atoms with Crippen molar-refractivity contribution in [2.24, 2.45) is 0 Å². The zero-order chi connectivity index (χ0) is 17.6. The number of benzene rings is 2. The molecule has 2 aromatic rings. The second-order valence-electron chi connectivity index (χ2n) is 6.10. The molecule has 0 spiro atoms. The van der Waals surface area contributed by atoms with Crippen molar-refractivity contribution >= 4 is 23.0 Å². The maximum atomic E-state index is 12.2. The number of hydrogen-bond donors (Lipinski definition) is 2. The van der Waals surface area contributed by atoms with Crippen LogP contribution >= 0.6 is 0 Å². The normalized spacial score (nSPS) is 15.0. The Morgan fingerprint density at radius 3 is 2.52 bits per heavy atom. The largest absolute Gasteiger partial charge is 0.360 e. The molecule has 2 aromatic carbocycles. The first-order valence-electron chi connectivity index (χ1n) is 8.30. The fraction of sp³-hybridized carbons (Fsp3) is 0.278. The third-order valence-electron chi connectivity index (χ3n) is 4.34. The van der Waals surface area contributed by atoms with E-state index >= 15 is 0 Å². The second kappa shape index (κ2) is 7.76. The average Bonchev–Trinajstić information content (AvgIpc) is 2.63. The highest BCUT2D eigenvalue weighted by atomic mass is 16.6. The second-order valence-corrected chi connectivity index (χ2v) is 6.10. The zero-order valence-corrected chi connectivity index (χ0v) is 13.9. The van der Waals surface area contributed by atoms with E-state index in [4.69, 9.17) is 0 Å². The lowest BCUT2D eigenvalue weighted by molar-refractivity contribution is -0.892. The van der Waals surface area contributed by atoms with Crippen LogP contribution in [-0.4, -0.2) is 43.6 Å². The molecule has 0 unspecified atom stereocenters. The Bertz CT molecular complexity index is 743. The SMILES string of the molecule is O=C(C[NH+]1CCN(c2ccccc2)CC1)Nc1cccc([N+](=O)[O-])c1. The number of anilines is 2. The van der Waals surface area contributed by atoms with Gasteiger partial charge in [-0.25, -0.2) is 0 Å². The third-order valence-corrected chi connectivity index (χ3v) is 4.34. The number of piperazine rings is 1. The number of carbonyl (C=O) groups is 1. The molecular formula is C18H21N4O3+. The highest BCUT2D eigenvalue weighted by molar-refractivity contribution is 5.91. The smallest absolute Gasteiger partial charge is 0.279 e. The van der Waals surface area contributed by atoms with E-state index < -0.39 is 4.92 Å². The molecule has 3 rings (SSSR count). The van der Waals surface area contributed by atoms with Crippen molar-refractivity contribution in [2.75, 3.05) is 42.9 Å². The Morgan fingerprint density at radius 2 is 1.84 bits per heavy atom. The van der Waals surface area contributed by atoms with Crippen LogP contribution in [0.15, 0.2) is 54.6 Å². The standard InChI is InChI=1S/C18H20N4O3/c23-18(19-15-5-4-8-17(13-15)22(24)25)14-20-9-11-21(12-10-20)16-6-2-1-3-7-16/h1-8,13H,9-12,14H2,(H,19,23)/p+1. The summed E-state index contributed by atoms with van der Waals surface area (Å²) in [5, 5.41) is 13.5. The van der Waals surface area contributed by atoms with E-state index in [1.807, 2.05) is 18.2 Å². The van der Waals surface area contributed by atoms with Gasteiger partial charge in [0.1, 0.15) is 0 Å². The molecule has 2 N–H and O–H groups in total. The van der Waals surface area contributed by atoms with Gasteiger partial charge in [-0.15, -0.1) is 0 Å². The molecule has 25 heavy (non-hydrogen) atoms. The summed E-state index contributed by atoms with van der Waals surface area (Å²) in [5.41, 5.74) is 1.64. The quantitative estimate of drug-likeness (QED) is 0.627. The molecule has 130 valence electrons. The molecule has 1 amide bonds. The molecule has 1 fully saturated rings.